The van der Waals surface area contributed by atoms with Crippen LogP contribution in [0.5, 0.6) is 5.75 Å². The van der Waals surface area contributed by atoms with Crippen LogP contribution in [-0.4, -0.2) is 28.9 Å². The van der Waals surface area contributed by atoms with E-state index < -0.39 is 0 Å². The highest BCUT2D eigenvalue weighted by Gasteiger charge is 2.12. The van der Waals surface area contributed by atoms with Crippen LogP contribution in [0.1, 0.15) is 12.5 Å². The van der Waals surface area contributed by atoms with E-state index in [-0.39, 0.29) is 34.6 Å². The third kappa shape index (κ3) is 4.03. The molecule has 0 aromatic heterocycles. The normalized spacial score (nSPS) is 11.7. The number of alkyl halides is 1. The summed E-state index contributed by atoms with van der Waals surface area (Å²) in [7, 11) is 1.30. The molecule has 1 atom stereocenters. The molecule has 5 nitrogen and oxygen atoms in total. The maximum Gasteiger partial charge on any atom is 0.309 e. The van der Waals surface area contributed by atoms with Crippen LogP contribution in [0.2, 0.25) is 0 Å². The standard InChI is InChI=1S/C12H14BrNO4/c1-7(13)12(17)14-9-5-8(3-4-10(9)15)6-11(16)18-2/h3-5,7,15H,6H2,1-2H3,(H,14,17). The summed E-state index contributed by atoms with van der Waals surface area (Å²) in [6, 6.07) is 4.56. The van der Waals surface area contributed by atoms with Crippen molar-refractivity contribution in [3.63, 3.8) is 0 Å². The Labute approximate surface area is 113 Å². The number of carbonyl (C=O) groups is 2. The highest BCUT2D eigenvalue weighted by atomic mass is 79.9. The quantitative estimate of drug-likeness (QED) is 0.505. The molecule has 18 heavy (non-hydrogen) atoms. The van der Waals surface area contributed by atoms with E-state index in [9.17, 15) is 14.7 Å². The molecule has 0 aliphatic rings. The average Bonchev–Trinajstić information content (AvgIpc) is 2.33. The summed E-state index contributed by atoms with van der Waals surface area (Å²) in [5.41, 5.74) is 0.921. The highest BCUT2D eigenvalue weighted by Crippen LogP contribution is 2.25. The fraction of sp³-hybridized carbons (Fsp3) is 0.333. The van der Waals surface area contributed by atoms with Gasteiger partial charge >= 0.3 is 5.97 Å². The lowest BCUT2D eigenvalue weighted by Gasteiger charge is -2.10. The lowest BCUT2D eigenvalue weighted by atomic mass is 10.1. The SMILES string of the molecule is COC(=O)Cc1ccc(O)c(NC(=O)C(C)Br)c1. The molecule has 0 saturated heterocycles. The lowest BCUT2D eigenvalue weighted by molar-refractivity contribution is -0.139. The van der Waals surface area contributed by atoms with Gasteiger partial charge in [0.05, 0.1) is 24.0 Å². The number of halogens is 1. The zero-order chi connectivity index (χ0) is 13.7. The zero-order valence-electron chi connectivity index (χ0n) is 10.1. The van der Waals surface area contributed by atoms with Gasteiger partial charge in [-0.25, -0.2) is 0 Å². The fourth-order valence-electron chi connectivity index (χ4n) is 1.26. The van der Waals surface area contributed by atoms with Gasteiger partial charge in [-0.05, 0) is 24.6 Å². The van der Waals surface area contributed by atoms with Gasteiger partial charge in [-0.3, -0.25) is 9.59 Å². The molecule has 0 spiro atoms. The smallest absolute Gasteiger partial charge is 0.309 e. The lowest BCUT2D eigenvalue weighted by Crippen LogP contribution is -2.20. The van der Waals surface area contributed by atoms with Crippen LogP contribution in [0.3, 0.4) is 0 Å². The number of nitrogens with one attached hydrogen (secondary N) is 1. The first-order chi connectivity index (χ1) is 8.43. The Balaban J connectivity index is 2.87. The van der Waals surface area contributed by atoms with Gasteiger partial charge in [0, 0.05) is 0 Å². The summed E-state index contributed by atoms with van der Waals surface area (Å²) < 4.78 is 4.55. The van der Waals surface area contributed by atoms with E-state index in [1.54, 1.807) is 19.1 Å². The average molecular weight is 316 g/mol. The number of phenols is 1. The van der Waals surface area contributed by atoms with Gasteiger partial charge in [-0.1, -0.05) is 22.0 Å². The Hall–Kier alpha value is -1.56. The van der Waals surface area contributed by atoms with Crippen LogP contribution in [0.15, 0.2) is 18.2 Å². The molecule has 1 aromatic carbocycles. The molecule has 0 saturated carbocycles. The van der Waals surface area contributed by atoms with Crippen molar-refractivity contribution in [3.8, 4) is 5.75 Å². The van der Waals surface area contributed by atoms with Crippen molar-refractivity contribution in [2.75, 3.05) is 12.4 Å². The number of rotatable bonds is 4. The number of hydrogen-bond acceptors (Lipinski definition) is 4. The Morgan fingerprint density at radius 1 is 1.50 bits per heavy atom. The molecule has 1 unspecified atom stereocenters. The van der Waals surface area contributed by atoms with E-state index in [2.05, 4.69) is 26.0 Å². The van der Waals surface area contributed by atoms with Crippen LogP contribution in [0.4, 0.5) is 5.69 Å². The van der Waals surface area contributed by atoms with E-state index in [0.717, 1.165) is 0 Å². The van der Waals surface area contributed by atoms with E-state index in [4.69, 9.17) is 0 Å². The maximum absolute atomic E-state index is 11.5. The second-order valence-corrected chi connectivity index (χ2v) is 5.08. The molecule has 0 aliphatic heterocycles. The maximum atomic E-state index is 11.5. The minimum atomic E-state index is -0.383. The second-order valence-electron chi connectivity index (χ2n) is 3.71. The Bertz CT molecular complexity index is 459. The molecule has 0 fully saturated rings. The fourth-order valence-corrected chi connectivity index (χ4v) is 1.38. The van der Waals surface area contributed by atoms with Gasteiger partial charge in [0.15, 0.2) is 0 Å². The number of ether oxygens (including phenoxy) is 1. The predicted octanol–water partition coefficient (Wildman–Crippen LogP) is 1.83. The van der Waals surface area contributed by atoms with Crippen molar-refractivity contribution in [1.29, 1.82) is 0 Å². The third-order valence-corrected chi connectivity index (χ3v) is 2.67. The molecular formula is C12H14BrNO4. The van der Waals surface area contributed by atoms with E-state index in [1.807, 2.05) is 0 Å². The molecule has 98 valence electrons. The van der Waals surface area contributed by atoms with Crippen molar-refractivity contribution in [3.05, 3.63) is 23.8 Å². The Kier molecular flexibility index (Phi) is 5.15. The number of anilines is 1. The Morgan fingerprint density at radius 2 is 2.17 bits per heavy atom. The van der Waals surface area contributed by atoms with Crippen molar-refractivity contribution in [1.82, 2.24) is 0 Å². The van der Waals surface area contributed by atoms with Gasteiger partial charge < -0.3 is 15.2 Å². The monoisotopic (exact) mass is 315 g/mol. The molecular weight excluding hydrogens is 302 g/mol. The number of aromatic hydroxyl groups is 1. The van der Waals surface area contributed by atoms with Gasteiger partial charge in [0.25, 0.3) is 0 Å². The van der Waals surface area contributed by atoms with Crippen molar-refractivity contribution in [2.45, 2.75) is 18.2 Å². The van der Waals surface area contributed by atoms with E-state index in [1.165, 1.54) is 13.2 Å². The van der Waals surface area contributed by atoms with Crippen LogP contribution in [0.25, 0.3) is 0 Å². The molecule has 0 heterocycles. The summed E-state index contributed by atoms with van der Waals surface area (Å²) in [5.74, 6) is -0.711. The molecule has 6 heteroatoms. The summed E-state index contributed by atoms with van der Waals surface area (Å²) in [5, 5.41) is 12.2. The number of benzene rings is 1. The first kappa shape index (κ1) is 14.5. The van der Waals surface area contributed by atoms with Crippen LogP contribution >= 0.6 is 15.9 Å². The molecule has 1 aromatic rings. The summed E-state index contributed by atoms with van der Waals surface area (Å²) in [4.78, 5) is 22.2. The molecule has 1 rings (SSSR count). The molecule has 0 aliphatic carbocycles. The van der Waals surface area contributed by atoms with Crippen LogP contribution in [-0.2, 0) is 20.7 Å². The van der Waals surface area contributed by atoms with E-state index in [0.29, 0.717) is 5.56 Å². The van der Waals surface area contributed by atoms with Gasteiger partial charge in [-0.2, -0.15) is 0 Å². The number of phenolic OH excluding ortho intramolecular Hbond substituents is 1. The first-order valence-corrected chi connectivity index (χ1v) is 6.19. The highest BCUT2D eigenvalue weighted by molar-refractivity contribution is 9.10. The van der Waals surface area contributed by atoms with Crippen molar-refractivity contribution >= 4 is 33.5 Å². The van der Waals surface area contributed by atoms with Crippen LogP contribution in [0, 0.1) is 0 Å². The third-order valence-electron chi connectivity index (χ3n) is 2.26. The van der Waals surface area contributed by atoms with E-state index >= 15 is 0 Å². The number of amides is 1. The molecule has 1 amide bonds. The molecule has 0 radical (unpaired) electrons. The van der Waals surface area contributed by atoms with Crippen LogP contribution < -0.4 is 5.32 Å². The molecule has 0 bridgehead atoms. The minimum absolute atomic E-state index is 0.0508. The summed E-state index contributed by atoms with van der Waals surface area (Å²) in [6.07, 6.45) is 0.0868. The summed E-state index contributed by atoms with van der Waals surface area (Å²) in [6.45, 7) is 1.67. The largest absolute Gasteiger partial charge is 0.506 e. The second kappa shape index (κ2) is 6.39. The first-order valence-electron chi connectivity index (χ1n) is 5.27. The van der Waals surface area contributed by atoms with Gasteiger partial charge in [0.1, 0.15) is 5.75 Å². The van der Waals surface area contributed by atoms with Crippen molar-refractivity contribution in [2.24, 2.45) is 0 Å². The van der Waals surface area contributed by atoms with Gasteiger partial charge in [-0.15, -0.1) is 0 Å². The topological polar surface area (TPSA) is 75.6 Å². The number of esters is 1. The van der Waals surface area contributed by atoms with Gasteiger partial charge in [0.2, 0.25) is 5.91 Å². The summed E-state index contributed by atoms with van der Waals surface area (Å²) >= 11 is 3.12. The number of methoxy groups -OCH3 is 1. The molecule has 2 N–H and O–H groups in total. The number of hydrogen-bond donors (Lipinski definition) is 2. The number of carbonyl (C=O) groups excluding carboxylic acids is 2. The Morgan fingerprint density at radius 3 is 2.72 bits per heavy atom. The zero-order valence-corrected chi connectivity index (χ0v) is 11.7. The van der Waals surface area contributed by atoms with Crippen molar-refractivity contribution < 1.29 is 19.4 Å². The minimum Gasteiger partial charge on any atom is -0.506 e. The predicted molar refractivity (Wildman–Crippen MR) is 70.8 cm³/mol.